The van der Waals surface area contributed by atoms with Crippen LogP contribution in [-0.2, 0) is 37.4 Å². The van der Waals surface area contributed by atoms with Gasteiger partial charge >= 0.3 is 19.8 Å². The van der Waals surface area contributed by atoms with Gasteiger partial charge in [0.15, 0.2) is 6.10 Å². The van der Waals surface area contributed by atoms with Gasteiger partial charge in [-0.3, -0.25) is 18.6 Å². The molecule has 0 bridgehead atoms. The third kappa shape index (κ3) is 40.4. The van der Waals surface area contributed by atoms with Crippen LogP contribution >= 0.6 is 7.82 Å². The molecule has 0 saturated carbocycles. The molecule has 0 aromatic rings. The van der Waals surface area contributed by atoms with Crippen molar-refractivity contribution in [3.05, 3.63) is 97.2 Å². The van der Waals surface area contributed by atoms with Crippen molar-refractivity contribution in [2.75, 3.05) is 47.5 Å². The van der Waals surface area contributed by atoms with Crippen LogP contribution in [0.1, 0.15) is 162 Å². The maximum atomic E-state index is 12.7. The number of esters is 2. The monoisotopic (exact) mass is 915 g/mol. The van der Waals surface area contributed by atoms with Crippen molar-refractivity contribution in [3.63, 3.8) is 0 Å². The normalized spacial score (nSPS) is 17.5. The molecule has 364 valence electrons. The van der Waals surface area contributed by atoms with Crippen molar-refractivity contribution in [2.24, 2.45) is 0 Å². The van der Waals surface area contributed by atoms with E-state index in [-0.39, 0.29) is 26.1 Å². The first-order valence-electron chi connectivity index (χ1n) is 24.6. The summed E-state index contributed by atoms with van der Waals surface area (Å²) < 4.78 is 40.0. The highest BCUT2D eigenvalue weighted by Crippen LogP contribution is 2.43. The van der Waals surface area contributed by atoms with Gasteiger partial charge in [-0.1, -0.05) is 156 Å². The summed E-state index contributed by atoms with van der Waals surface area (Å²) >= 11 is 0. The number of phosphoric acid groups is 1. The Morgan fingerprint density at radius 2 is 1.06 bits per heavy atom. The molecular weight excluding hydrogens is 826 g/mol. The molecule has 1 aliphatic heterocycles. The Kier molecular flexibility index (Phi) is 37.0. The molecule has 1 heterocycles. The van der Waals surface area contributed by atoms with E-state index in [1.165, 1.54) is 32.1 Å². The second-order valence-corrected chi connectivity index (χ2v) is 19.0. The maximum absolute atomic E-state index is 12.7. The number of hydrogen-bond acceptors (Lipinski definition) is 8. The number of ether oxygens (including phenoxy) is 3. The third-order valence-corrected chi connectivity index (χ3v) is 11.2. The lowest BCUT2D eigenvalue weighted by atomic mass is 10.1. The number of rotatable bonds is 42. The fourth-order valence-electron chi connectivity index (χ4n) is 6.32. The fraction of sp³-hybridized carbons (Fsp3) is 0.660. The molecule has 1 fully saturated rings. The standard InChI is InChI=1S/C53H88NO9P/c1-6-8-10-11-12-13-14-15-16-17-18-19-20-21-22-27-30-33-36-40-44-53(56)62-49(48-61-64(57,58)60-46-45-54(3,4)5)47-59-52(55)43-39-35-32-29-26-24-23-25-28-31-34-38-42-51-50(63-51)41-37-9-7-2/h9,13-14,16-17,19-20,24-26,28,32,34-35,37-38,49-51H,6-8,10-12,15,18,21-23,27,29-31,33,36,39-48H2,1-5H3/p+1/b14-13-,17-16-,20-19-,26-24-,28-25-,35-32-,37-9-,38-34-/t49-,50?,51?/m1/s1. The highest BCUT2D eigenvalue weighted by Gasteiger charge is 2.36. The Morgan fingerprint density at radius 3 is 1.61 bits per heavy atom. The van der Waals surface area contributed by atoms with Crippen LogP contribution in [0.4, 0.5) is 0 Å². The molecule has 0 aromatic heterocycles. The lowest BCUT2D eigenvalue weighted by molar-refractivity contribution is -0.870. The lowest BCUT2D eigenvalue weighted by Crippen LogP contribution is -2.37. The average molecular weight is 915 g/mol. The summed E-state index contributed by atoms with van der Waals surface area (Å²) in [4.78, 5) is 35.5. The van der Waals surface area contributed by atoms with Crippen LogP contribution in [0.15, 0.2) is 97.2 Å². The molecule has 0 radical (unpaired) electrons. The third-order valence-electron chi connectivity index (χ3n) is 10.3. The van der Waals surface area contributed by atoms with Crippen LogP contribution in [0.3, 0.4) is 0 Å². The average Bonchev–Trinajstić information content (AvgIpc) is 4.01. The number of unbranched alkanes of at least 4 members (excludes halogenated alkanes) is 10. The van der Waals surface area contributed by atoms with E-state index in [0.29, 0.717) is 36.1 Å². The Balaban J connectivity index is 2.30. The minimum atomic E-state index is -4.41. The second kappa shape index (κ2) is 40.2. The number of allylic oxidation sites excluding steroid dienone is 14. The molecule has 0 amide bonds. The second-order valence-electron chi connectivity index (χ2n) is 17.5. The van der Waals surface area contributed by atoms with Gasteiger partial charge in [-0.05, 0) is 89.9 Å². The van der Waals surface area contributed by atoms with Gasteiger partial charge in [-0.2, -0.15) is 0 Å². The zero-order valence-corrected chi connectivity index (χ0v) is 41.6. The van der Waals surface area contributed by atoms with Crippen molar-refractivity contribution in [1.82, 2.24) is 0 Å². The first kappa shape index (κ1) is 58.9. The van der Waals surface area contributed by atoms with Crippen molar-refractivity contribution < 1.29 is 46.8 Å². The van der Waals surface area contributed by atoms with Crippen molar-refractivity contribution in [2.45, 2.75) is 180 Å². The van der Waals surface area contributed by atoms with Crippen molar-refractivity contribution in [3.8, 4) is 0 Å². The van der Waals surface area contributed by atoms with E-state index in [9.17, 15) is 19.0 Å². The van der Waals surface area contributed by atoms with Gasteiger partial charge in [0, 0.05) is 12.8 Å². The summed E-state index contributed by atoms with van der Waals surface area (Å²) in [5, 5.41) is 0. The summed E-state index contributed by atoms with van der Waals surface area (Å²) in [6, 6.07) is 0. The number of likely N-dealkylation sites (N-methyl/N-ethyl adjacent to an activating group) is 1. The largest absolute Gasteiger partial charge is 0.472 e. The van der Waals surface area contributed by atoms with Crippen LogP contribution in [-0.4, -0.2) is 87.1 Å². The summed E-state index contributed by atoms with van der Waals surface area (Å²) in [5.74, 6) is -0.924. The molecule has 0 aromatic carbocycles. The predicted octanol–water partition coefficient (Wildman–Crippen LogP) is 13.5. The van der Waals surface area contributed by atoms with Crippen LogP contribution < -0.4 is 0 Å². The highest BCUT2D eigenvalue weighted by atomic mass is 31.2. The molecular formula is C53H89NO9P+. The van der Waals surface area contributed by atoms with E-state index >= 15 is 0 Å². The van der Waals surface area contributed by atoms with E-state index in [4.69, 9.17) is 23.3 Å². The minimum Gasteiger partial charge on any atom is -0.462 e. The maximum Gasteiger partial charge on any atom is 0.472 e. The van der Waals surface area contributed by atoms with Gasteiger partial charge in [0.1, 0.15) is 19.8 Å². The quantitative estimate of drug-likeness (QED) is 0.0159. The number of phosphoric ester groups is 1. The summed E-state index contributed by atoms with van der Waals surface area (Å²) in [5.41, 5.74) is 0. The summed E-state index contributed by atoms with van der Waals surface area (Å²) in [6.07, 6.45) is 56.5. The Hall–Kier alpha value is -3.11. The molecule has 11 heteroatoms. The molecule has 1 rings (SSSR count). The molecule has 0 spiro atoms. The van der Waals surface area contributed by atoms with Gasteiger partial charge in [-0.15, -0.1) is 0 Å². The van der Waals surface area contributed by atoms with Gasteiger partial charge in [0.2, 0.25) is 0 Å². The first-order valence-corrected chi connectivity index (χ1v) is 26.1. The van der Waals surface area contributed by atoms with Crippen LogP contribution in [0.25, 0.3) is 0 Å². The number of quaternary nitrogens is 1. The fourth-order valence-corrected chi connectivity index (χ4v) is 7.06. The van der Waals surface area contributed by atoms with E-state index in [0.717, 1.165) is 89.9 Å². The first-order chi connectivity index (χ1) is 31.0. The number of hydrogen-bond donors (Lipinski definition) is 1. The van der Waals surface area contributed by atoms with Crippen LogP contribution in [0, 0.1) is 0 Å². The number of carbonyl (C=O) groups is 2. The summed E-state index contributed by atoms with van der Waals surface area (Å²) in [7, 11) is 1.41. The van der Waals surface area contributed by atoms with Crippen molar-refractivity contribution >= 4 is 19.8 Å². The zero-order valence-electron chi connectivity index (χ0n) is 40.7. The molecule has 3 unspecified atom stereocenters. The van der Waals surface area contributed by atoms with Crippen LogP contribution in [0.5, 0.6) is 0 Å². The van der Waals surface area contributed by atoms with E-state index in [2.05, 4.69) is 98.9 Å². The molecule has 0 aliphatic carbocycles. The Labute approximate surface area is 389 Å². The minimum absolute atomic E-state index is 0.0102. The van der Waals surface area contributed by atoms with Crippen molar-refractivity contribution in [1.29, 1.82) is 0 Å². The highest BCUT2D eigenvalue weighted by molar-refractivity contribution is 7.47. The smallest absolute Gasteiger partial charge is 0.462 e. The summed E-state index contributed by atoms with van der Waals surface area (Å²) in [6.45, 7) is 4.16. The van der Waals surface area contributed by atoms with E-state index in [1.54, 1.807) is 0 Å². The number of epoxide rings is 1. The Bertz CT molecular complexity index is 1470. The SMILES string of the molecule is CC/C=C\CC1OC1C/C=C\C/C=C\C/C=C\C/C=C\CCC(=O)OC[C@H](COP(=O)(O)OCC[N+](C)(C)C)OC(=O)CCCCCCCC/C=C\C/C=C\C/C=C\CCCCCC. The van der Waals surface area contributed by atoms with Gasteiger partial charge < -0.3 is 23.6 Å². The van der Waals surface area contributed by atoms with Crippen LogP contribution in [0.2, 0.25) is 0 Å². The predicted molar refractivity (Wildman–Crippen MR) is 265 cm³/mol. The lowest BCUT2D eigenvalue weighted by Gasteiger charge is -2.24. The topological polar surface area (TPSA) is 121 Å². The molecule has 1 N–H and O–H groups in total. The Morgan fingerprint density at radius 1 is 0.578 bits per heavy atom. The zero-order chi connectivity index (χ0) is 46.8. The molecule has 64 heavy (non-hydrogen) atoms. The molecule has 4 atom stereocenters. The van der Waals surface area contributed by atoms with E-state index in [1.807, 2.05) is 33.3 Å². The molecule has 1 aliphatic rings. The van der Waals surface area contributed by atoms with Gasteiger partial charge in [-0.25, -0.2) is 4.57 Å². The molecule has 10 nitrogen and oxygen atoms in total. The number of nitrogens with zero attached hydrogens (tertiary/aromatic N) is 1. The number of carbonyl (C=O) groups excluding carboxylic acids is 2. The molecule has 1 saturated heterocycles. The van der Waals surface area contributed by atoms with E-state index < -0.39 is 32.5 Å². The van der Waals surface area contributed by atoms with Gasteiger partial charge in [0.05, 0.1) is 40.0 Å². The van der Waals surface area contributed by atoms with Gasteiger partial charge in [0.25, 0.3) is 0 Å².